The molecule has 3 aromatic rings. The first-order chi connectivity index (χ1) is 17.9. The summed E-state index contributed by atoms with van der Waals surface area (Å²) in [5.41, 5.74) is 8.90. The Kier molecular flexibility index (Phi) is 4.26. The second-order valence-corrected chi connectivity index (χ2v) is 12.1. The number of hydrogen-bond donors (Lipinski definition) is 1. The van der Waals surface area contributed by atoms with Crippen molar-refractivity contribution in [1.29, 1.82) is 0 Å². The Morgan fingerprint density at radius 2 is 1.86 bits per heavy atom. The highest BCUT2D eigenvalue weighted by molar-refractivity contribution is 6.10. The highest BCUT2D eigenvalue weighted by atomic mass is 16.5. The molecule has 1 N–H and O–H groups in total. The van der Waals surface area contributed by atoms with E-state index in [9.17, 15) is 4.79 Å². The Morgan fingerprint density at radius 3 is 2.59 bits per heavy atom. The minimum atomic E-state index is -0.313. The van der Waals surface area contributed by atoms with E-state index in [-0.39, 0.29) is 17.4 Å². The lowest BCUT2D eigenvalue weighted by atomic mass is 9.77. The van der Waals surface area contributed by atoms with Crippen LogP contribution in [0.1, 0.15) is 60.3 Å². The Hall–Kier alpha value is -3.19. The molecule has 2 aromatic carbocycles. The Balaban J connectivity index is 1.21. The van der Waals surface area contributed by atoms with E-state index in [0.29, 0.717) is 5.41 Å². The van der Waals surface area contributed by atoms with Gasteiger partial charge in [-0.05, 0) is 80.3 Å². The van der Waals surface area contributed by atoms with Crippen LogP contribution < -0.4 is 15.1 Å². The lowest BCUT2D eigenvalue weighted by molar-refractivity contribution is -0.127. The predicted octanol–water partition coefficient (Wildman–Crippen LogP) is 4.44. The summed E-state index contributed by atoms with van der Waals surface area (Å²) in [6.07, 6.45) is 5.28. The summed E-state index contributed by atoms with van der Waals surface area (Å²) in [6, 6.07) is 8.71. The Morgan fingerprint density at radius 1 is 1.08 bits per heavy atom. The quantitative estimate of drug-likeness (QED) is 0.577. The van der Waals surface area contributed by atoms with Crippen LogP contribution in [-0.2, 0) is 27.8 Å². The summed E-state index contributed by atoms with van der Waals surface area (Å²) >= 11 is 0. The highest BCUT2D eigenvalue weighted by Crippen LogP contribution is 2.59. The molecule has 37 heavy (non-hydrogen) atoms. The second kappa shape index (κ2) is 7.22. The van der Waals surface area contributed by atoms with Gasteiger partial charge in [0.2, 0.25) is 5.91 Å². The van der Waals surface area contributed by atoms with Crippen LogP contribution in [-0.4, -0.2) is 49.2 Å². The molecule has 0 unspecified atom stereocenters. The van der Waals surface area contributed by atoms with Gasteiger partial charge in [0.05, 0.1) is 35.6 Å². The van der Waals surface area contributed by atoms with Crippen LogP contribution in [0.4, 0.5) is 17.2 Å². The third-order valence-electron chi connectivity index (χ3n) is 9.56. The summed E-state index contributed by atoms with van der Waals surface area (Å²) < 4.78 is 5.53. The van der Waals surface area contributed by atoms with E-state index in [2.05, 4.69) is 41.4 Å². The topological polar surface area (TPSA) is 70.6 Å². The normalized spacial score (nSPS) is 22.7. The van der Waals surface area contributed by atoms with Gasteiger partial charge in [-0.1, -0.05) is 12.1 Å². The van der Waals surface area contributed by atoms with E-state index < -0.39 is 0 Å². The molecule has 1 amide bonds. The third kappa shape index (κ3) is 2.89. The molecule has 2 saturated heterocycles. The second-order valence-electron chi connectivity index (χ2n) is 12.1. The van der Waals surface area contributed by atoms with Crippen molar-refractivity contribution in [2.24, 2.45) is 5.41 Å². The summed E-state index contributed by atoms with van der Waals surface area (Å²) in [5.74, 6) is 1.94. The molecule has 7 nitrogen and oxygen atoms in total. The van der Waals surface area contributed by atoms with Gasteiger partial charge in [-0.25, -0.2) is 9.97 Å². The zero-order valence-electron chi connectivity index (χ0n) is 21.9. The zero-order chi connectivity index (χ0) is 25.1. The number of benzene rings is 2. The van der Waals surface area contributed by atoms with E-state index >= 15 is 0 Å². The number of amides is 1. The summed E-state index contributed by atoms with van der Waals surface area (Å²) in [7, 11) is 1.91. The van der Waals surface area contributed by atoms with Gasteiger partial charge >= 0.3 is 0 Å². The van der Waals surface area contributed by atoms with Gasteiger partial charge in [-0.3, -0.25) is 4.79 Å². The fourth-order valence-electron chi connectivity index (χ4n) is 7.49. The number of carbonyl (C=O) groups is 1. The zero-order valence-corrected chi connectivity index (χ0v) is 21.9. The molecule has 3 fully saturated rings. The lowest BCUT2D eigenvalue weighted by Gasteiger charge is -2.56. The number of likely N-dealkylation sites (N-methyl/N-ethyl adjacent to an activating group) is 1. The first kappa shape index (κ1) is 21.9. The minimum absolute atomic E-state index is 0.0142. The van der Waals surface area contributed by atoms with Gasteiger partial charge in [-0.15, -0.1) is 0 Å². The molecule has 2 aliphatic carbocycles. The van der Waals surface area contributed by atoms with Gasteiger partial charge in [0.1, 0.15) is 11.6 Å². The van der Waals surface area contributed by atoms with Gasteiger partial charge in [0.25, 0.3) is 0 Å². The molecule has 0 radical (unpaired) electrons. The predicted molar refractivity (Wildman–Crippen MR) is 145 cm³/mol. The van der Waals surface area contributed by atoms with Crippen molar-refractivity contribution in [2.75, 3.05) is 48.5 Å². The number of hydrogen-bond acceptors (Lipinski definition) is 6. The van der Waals surface area contributed by atoms with Crippen molar-refractivity contribution in [1.82, 2.24) is 9.97 Å². The van der Waals surface area contributed by atoms with E-state index in [1.165, 1.54) is 34.4 Å². The van der Waals surface area contributed by atoms with Gasteiger partial charge in [0, 0.05) is 36.9 Å². The van der Waals surface area contributed by atoms with Crippen molar-refractivity contribution in [3.05, 3.63) is 52.3 Å². The maximum Gasteiger partial charge on any atom is 0.237 e. The van der Waals surface area contributed by atoms with Crippen LogP contribution in [0.3, 0.4) is 0 Å². The van der Waals surface area contributed by atoms with E-state index in [1.54, 1.807) is 0 Å². The molecule has 190 valence electrons. The van der Waals surface area contributed by atoms with Gasteiger partial charge < -0.3 is 19.9 Å². The molecule has 1 atom stereocenters. The summed E-state index contributed by atoms with van der Waals surface area (Å²) in [6.45, 7) is 8.14. The van der Waals surface area contributed by atoms with E-state index in [0.717, 1.165) is 80.2 Å². The van der Waals surface area contributed by atoms with Crippen LogP contribution in [0.5, 0.6) is 0 Å². The van der Waals surface area contributed by atoms with Crippen LogP contribution in [0.15, 0.2) is 24.3 Å². The van der Waals surface area contributed by atoms with Crippen LogP contribution in [0.25, 0.3) is 10.9 Å². The molecule has 7 heteroatoms. The Labute approximate surface area is 217 Å². The molecule has 1 aromatic heterocycles. The average Bonchev–Trinajstić information content (AvgIpc) is 3.43. The highest BCUT2D eigenvalue weighted by Gasteiger charge is 2.59. The fourth-order valence-corrected chi connectivity index (χ4v) is 7.49. The molecule has 5 aliphatic rings. The molecule has 2 spiro atoms. The van der Waals surface area contributed by atoms with Gasteiger partial charge in [0.15, 0.2) is 0 Å². The number of carbonyl (C=O) groups excluding carboxylic acids is 1. The number of ether oxygens (including phenoxy) is 1. The monoisotopic (exact) mass is 495 g/mol. The minimum Gasteiger partial charge on any atom is -0.380 e. The molecular weight excluding hydrogens is 462 g/mol. The van der Waals surface area contributed by atoms with Crippen LogP contribution in [0.2, 0.25) is 0 Å². The summed E-state index contributed by atoms with van der Waals surface area (Å²) in [5, 5.41) is 4.89. The SMILES string of the molecule is Cc1nc(N[C@H](C)c2cccc3c2C2(CC2)C(=O)N3C)c2cc(N3CC4(COC4)C3)c3c(c2n1)CCC3. The van der Waals surface area contributed by atoms with Crippen LogP contribution in [0, 0.1) is 12.3 Å². The largest absolute Gasteiger partial charge is 0.380 e. The average molecular weight is 496 g/mol. The lowest BCUT2D eigenvalue weighted by Crippen LogP contribution is -2.66. The van der Waals surface area contributed by atoms with E-state index in [4.69, 9.17) is 14.7 Å². The molecule has 8 rings (SSSR count). The number of anilines is 3. The maximum absolute atomic E-state index is 13.1. The number of rotatable bonds is 4. The number of nitrogens with zero attached hydrogens (tertiary/aromatic N) is 4. The number of fused-ring (bicyclic) bond motifs is 5. The first-order valence-corrected chi connectivity index (χ1v) is 13.7. The number of aromatic nitrogens is 2. The third-order valence-corrected chi connectivity index (χ3v) is 9.56. The van der Waals surface area contributed by atoms with Crippen molar-refractivity contribution in [3.8, 4) is 0 Å². The van der Waals surface area contributed by atoms with Crippen LogP contribution >= 0.6 is 0 Å². The molecule has 3 aliphatic heterocycles. The number of aryl methyl sites for hydroxylation is 2. The van der Waals surface area contributed by atoms with Gasteiger partial charge in [-0.2, -0.15) is 0 Å². The molecule has 0 bridgehead atoms. The van der Waals surface area contributed by atoms with Crippen molar-refractivity contribution in [3.63, 3.8) is 0 Å². The maximum atomic E-state index is 13.1. The molecular formula is C30H33N5O2. The summed E-state index contributed by atoms with van der Waals surface area (Å²) in [4.78, 5) is 27.4. The number of nitrogens with one attached hydrogen (secondary N) is 1. The standard InChI is InChI=1S/C30H33N5O2/c1-17(19-6-5-9-23-25(19)30(10-11-30)28(36)34(23)3)31-27-22-12-24(35-13-29(14-35)15-37-16-29)20-7-4-8-21(20)26(22)32-18(2)33-27/h5-6,9,12,17H,4,7-8,10-11,13-16H2,1-3H3,(H,31,32,33)/t17-/m1/s1. The fraction of sp³-hybridized carbons (Fsp3) is 0.500. The molecule has 4 heterocycles. The van der Waals surface area contributed by atoms with E-state index in [1.807, 2.05) is 18.9 Å². The van der Waals surface area contributed by atoms with Crippen molar-refractivity contribution >= 4 is 34.0 Å². The Bertz CT molecular complexity index is 1500. The first-order valence-electron chi connectivity index (χ1n) is 13.7. The van der Waals surface area contributed by atoms with Crippen molar-refractivity contribution in [2.45, 2.75) is 57.4 Å². The smallest absolute Gasteiger partial charge is 0.237 e. The van der Waals surface area contributed by atoms with Crippen molar-refractivity contribution < 1.29 is 9.53 Å². The molecule has 1 saturated carbocycles.